The number of aliphatic carboxylic acids is 1. The Morgan fingerprint density at radius 3 is 2.73 bits per heavy atom. The summed E-state index contributed by atoms with van der Waals surface area (Å²) in [5.41, 5.74) is 0. The van der Waals surface area contributed by atoms with Crippen molar-refractivity contribution < 1.29 is 14.4 Å². The van der Waals surface area contributed by atoms with E-state index in [0.717, 1.165) is 24.9 Å². The number of rotatable bonds is 6. The first-order chi connectivity index (χ1) is 7.17. The average molecular weight is 231 g/mol. The molecule has 0 bridgehead atoms. The second-order valence-corrected chi connectivity index (χ2v) is 3.64. The molecule has 0 spiro atoms. The molecule has 0 saturated heterocycles. The lowest BCUT2D eigenvalue weighted by atomic mass is 10.5. The van der Waals surface area contributed by atoms with Gasteiger partial charge >= 0.3 is 5.97 Å². The third-order valence-electron chi connectivity index (χ3n) is 1.76. The number of nitrogens with zero attached hydrogens (tertiary/aromatic N) is 3. The molecule has 1 aromatic heterocycles. The molecule has 0 fully saturated rings. The van der Waals surface area contributed by atoms with Crippen LogP contribution in [0.15, 0.2) is 9.75 Å². The van der Waals surface area contributed by atoms with E-state index < -0.39 is 5.97 Å². The van der Waals surface area contributed by atoms with Crippen LogP contribution in [0.2, 0.25) is 0 Å². The Labute approximate surface area is 91.6 Å². The van der Waals surface area contributed by atoms with E-state index in [1.54, 1.807) is 0 Å². The molecule has 0 saturated carbocycles. The number of hydrogen-bond acceptors (Lipinski definition) is 6. The van der Waals surface area contributed by atoms with E-state index in [4.69, 9.17) is 9.63 Å². The van der Waals surface area contributed by atoms with Gasteiger partial charge in [0.1, 0.15) is 5.75 Å². The number of carbonyl (C=O) groups is 1. The summed E-state index contributed by atoms with van der Waals surface area (Å²) in [5, 5.41) is 12.5. The van der Waals surface area contributed by atoms with Crippen LogP contribution in [0, 0.1) is 0 Å². The van der Waals surface area contributed by atoms with Gasteiger partial charge in [0.2, 0.25) is 0 Å². The van der Waals surface area contributed by atoms with E-state index >= 15 is 0 Å². The summed E-state index contributed by atoms with van der Waals surface area (Å²) in [7, 11) is 0. The number of carboxylic acids is 1. The molecule has 0 radical (unpaired) electrons. The van der Waals surface area contributed by atoms with Crippen molar-refractivity contribution in [1.82, 2.24) is 10.1 Å². The maximum absolute atomic E-state index is 10.3. The molecule has 0 unspecified atom stereocenters. The monoisotopic (exact) mass is 231 g/mol. The fourth-order valence-corrected chi connectivity index (χ4v) is 1.50. The van der Waals surface area contributed by atoms with Crippen molar-refractivity contribution in [2.45, 2.75) is 19.1 Å². The minimum absolute atomic E-state index is 0.0696. The van der Waals surface area contributed by atoms with E-state index in [-0.39, 0.29) is 5.75 Å². The molecule has 7 heteroatoms. The third kappa shape index (κ3) is 3.43. The molecule has 0 atom stereocenters. The van der Waals surface area contributed by atoms with Crippen molar-refractivity contribution in [3.05, 3.63) is 0 Å². The number of anilines is 1. The zero-order chi connectivity index (χ0) is 11.3. The molecule has 15 heavy (non-hydrogen) atoms. The van der Waals surface area contributed by atoms with Crippen molar-refractivity contribution >= 4 is 23.7 Å². The Morgan fingerprint density at radius 2 is 2.20 bits per heavy atom. The van der Waals surface area contributed by atoms with Gasteiger partial charge in [-0.3, -0.25) is 4.79 Å². The Balaban J connectivity index is 2.59. The van der Waals surface area contributed by atoms with Gasteiger partial charge in [-0.1, -0.05) is 11.8 Å². The molecule has 6 nitrogen and oxygen atoms in total. The molecule has 1 aromatic rings. The second kappa shape index (κ2) is 5.59. The highest BCUT2D eigenvalue weighted by Crippen LogP contribution is 2.18. The average Bonchev–Trinajstić information content (AvgIpc) is 2.65. The lowest BCUT2D eigenvalue weighted by molar-refractivity contribution is -0.133. The van der Waals surface area contributed by atoms with E-state index in [1.807, 2.05) is 18.7 Å². The van der Waals surface area contributed by atoms with Gasteiger partial charge < -0.3 is 14.5 Å². The SMILES string of the molecule is CCN(CC)c1noc(SCC(=O)O)n1. The second-order valence-electron chi connectivity index (χ2n) is 2.71. The molecule has 1 rings (SSSR count). The molecule has 0 aliphatic carbocycles. The summed E-state index contributed by atoms with van der Waals surface area (Å²) in [6.45, 7) is 5.56. The quantitative estimate of drug-likeness (QED) is 0.734. The van der Waals surface area contributed by atoms with Gasteiger partial charge in [0.25, 0.3) is 11.2 Å². The lowest BCUT2D eigenvalue weighted by Crippen LogP contribution is -2.22. The first-order valence-electron chi connectivity index (χ1n) is 4.60. The van der Waals surface area contributed by atoms with Gasteiger partial charge in [-0.25, -0.2) is 0 Å². The van der Waals surface area contributed by atoms with E-state index in [2.05, 4.69) is 10.1 Å². The zero-order valence-corrected chi connectivity index (χ0v) is 9.45. The minimum Gasteiger partial charge on any atom is -0.481 e. The largest absolute Gasteiger partial charge is 0.481 e. The highest BCUT2D eigenvalue weighted by atomic mass is 32.2. The molecular formula is C8H13N3O3S. The number of aromatic nitrogens is 2. The van der Waals surface area contributed by atoms with Crippen molar-refractivity contribution in [2.24, 2.45) is 0 Å². The number of carboxylic acid groups (broad SMARTS) is 1. The Bertz CT molecular complexity index is 325. The van der Waals surface area contributed by atoms with Gasteiger partial charge in [0.15, 0.2) is 0 Å². The van der Waals surface area contributed by atoms with Gasteiger partial charge in [-0.15, -0.1) is 0 Å². The topological polar surface area (TPSA) is 79.5 Å². The summed E-state index contributed by atoms with van der Waals surface area (Å²) >= 11 is 1.02. The van der Waals surface area contributed by atoms with Crippen LogP contribution >= 0.6 is 11.8 Å². The molecular weight excluding hydrogens is 218 g/mol. The van der Waals surface area contributed by atoms with Crippen LogP contribution in [-0.4, -0.2) is 40.1 Å². The zero-order valence-electron chi connectivity index (χ0n) is 8.63. The Kier molecular flexibility index (Phi) is 4.41. The van der Waals surface area contributed by atoms with Crippen LogP contribution in [0.1, 0.15) is 13.8 Å². The predicted octanol–water partition coefficient (Wildman–Crippen LogP) is 1.09. The van der Waals surface area contributed by atoms with Crippen LogP contribution in [-0.2, 0) is 4.79 Å². The summed E-state index contributed by atoms with van der Waals surface area (Å²) in [5.74, 6) is -0.463. The Morgan fingerprint density at radius 1 is 1.53 bits per heavy atom. The normalized spacial score (nSPS) is 10.3. The highest BCUT2D eigenvalue weighted by Gasteiger charge is 2.12. The summed E-state index contributed by atoms with van der Waals surface area (Å²) in [4.78, 5) is 16.3. The van der Waals surface area contributed by atoms with E-state index in [0.29, 0.717) is 11.2 Å². The van der Waals surface area contributed by atoms with Crippen LogP contribution in [0.3, 0.4) is 0 Å². The summed E-state index contributed by atoms with van der Waals surface area (Å²) in [6, 6.07) is 0. The van der Waals surface area contributed by atoms with Gasteiger partial charge in [-0.05, 0) is 19.0 Å². The minimum atomic E-state index is -0.900. The predicted molar refractivity (Wildman–Crippen MR) is 56.2 cm³/mol. The number of thioether (sulfide) groups is 1. The molecule has 84 valence electrons. The van der Waals surface area contributed by atoms with Gasteiger partial charge in [0.05, 0.1) is 0 Å². The first-order valence-corrected chi connectivity index (χ1v) is 5.59. The third-order valence-corrected chi connectivity index (χ3v) is 2.57. The van der Waals surface area contributed by atoms with Crippen molar-refractivity contribution in [2.75, 3.05) is 23.7 Å². The molecule has 0 aromatic carbocycles. The van der Waals surface area contributed by atoms with Crippen LogP contribution < -0.4 is 4.90 Å². The maximum Gasteiger partial charge on any atom is 0.314 e. The van der Waals surface area contributed by atoms with Crippen LogP contribution in [0.4, 0.5) is 5.95 Å². The lowest BCUT2D eigenvalue weighted by Gasteiger charge is -2.14. The van der Waals surface area contributed by atoms with Crippen molar-refractivity contribution in [3.63, 3.8) is 0 Å². The molecule has 0 amide bonds. The standard InChI is InChI=1S/C8H13N3O3S/c1-3-11(4-2)7-9-8(14-10-7)15-5-6(12)13/h3-5H2,1-2H3,(H,12,13). The maximum atomic E-state index is 10.3. The summed E-state index contributed by atoms with van der Waals surface area (Å²) < 4.78 is 4.90. The van der Waals surface area contributed by atoms with Gasteiger partial charge in [0, 0.05) is 13.1 Å². The summed E-state index contributed by atoms with van der Waals surface area (Å²) in [6.07, 6.45) is 0. The molecule has 0 aliphatic rings. The fourth-order valence-electron chi connectivity index (χ4n) is 1.02. The fraction of sp³-hybridized carbons (Fsp3) is 0.625. The van der Waals surface area contributed by atoms with Crippen LogP contribution in [0.5, 0.6) is 0 Å². The van der Waals surface area contributed by atoms with E-state index in [1.165, 1.54) is 0 Å². The van der Waals surface area contributed by atoms with Crippen LogP contribution in [0.25, 0.3) is 0 Å². The molecule has 1 N–H and O–H groups in total. The molecule has 0 aliphatic heterocycles. The number of hydrogen-bond donors (Lipinski definition) is 1. The first kappa shape index (κ1) is 11.8. The molecule has 1 heterocycles. The van der Waals surface area contributed by atoms with E-state index in [9.17, 15) is 4.79 Å². The van der Waals surface area contributed by atoms with Crippen molar-refractivity contribution in [3.8, 4) is 0 Å². The highest BCUT2D eigenvalue weighted by molar-refractivity contribution is 7.99. The van der Waals surface area contributed by atoms with Gasteiger partial charge in [-0.2, -0.15) is 4.98 Å². The smallest absolute Gasteiger partial charge is 0.314 e. The Hall–Kier alpha value is -1.24. The van der Waals surface area contributed by atoms with Crippen molar-refractivity contribution in [1.29, 1.82) is 0 Å².